The molecular weight excluding hydrogens is 210 g/mol. The molecule has 0 heterocycles. The number of hydrogen-bond donors (Lipinski definition) is 3. The van der Waals surface area contributed by atoms with Gasteiger partial charge in [0.25, 0.3) is 0 Å². The van der Waals surface area contributed by atoms with E-state index < -0.39 is 0 Å². The Morgan fingerprint density at radius 3 is 2.56 bits per heavy atom. The van der Waals surface area contributed by atoms with Gasteiger partial charge in [0.1, 0.15) is 0 Å². The molecule has 0 aliphatic rings. The number of phenols is 2. The van der Waals surface area contributed by atoms with Crippen LogP contribution in [0.15, 0.2) is 18.2 Å². The highest BCUT2D eigenvalue weighted by molar-refractivity contribution is 5.40. The average molecular weight is 227 g/mol. The molecule has 90 valence electrons. The first-order valence-corrected chi connectivity index (χ1v) is 5.17. The summed E-state index contributed by atoms with van der Waals surface area (Å²) in [6.45, 7) is 3.95. The third kappa shape index (κ3) is 3.69. The van der Waals surface area contributed by atoms with E-state index in [9.17, 15) is 5.11 Å². The second-order valence-corrected chi connectivity index (χ2v) is 3.61. The molecule has 1 aromatic rings. The zero-order valence-corrected chi connectivity index (χ0v) is 9.42. The van der Waals surface area contributed by atoms with Crippen molar-refractivity contribution in [1.29, 1.82) is 0 Å². The summed E-state index contributed by atoms with van der Waals surface area (Å²) in [5.74, 6) is -0.296. The predicted molar refractivity (Wildman–Crippen MR) is 58.2 cm³/mol. The van der Waals surface area contributed by atoms with Crippen molar-refractivity contribution in [2.75, 3.05) is 6.54 Å². The second-order valence-electron chi connectivity index (χ2n) is 3.61. The number of aromatic hydroxyl groups is 2. The zero-order chi connectivity index (χ0) is 12.1. The lowest BCUT2D eigenvalue weighted by molar-refractivity contribution is -0.355. The summed E-state index contributed by atoms with van der Waals surface area (Å²) in [5.41, 5.74) is 0.826. The fourth-order valence-electron chi connectivity index (χ4n) is 1.35. The molecule has 0 saturated carbocycles. The van der Waals surface area contributed by atoms with Crippen molar-refractivity contribution in [2.45, 2.75) is 26.4 Å². The molecule has 1 rings (SSSR count). The van der Waals surface area contributed by atoms with Gasteiger partial charge in [0.05, 0.1) is 6.10 Å². The third-order valence-electron chi connectivity index (χ3n) is 2.14. The van der Waals surface area contributed by atoms with Crippen LogP contribution in [-0.2, 0) is 11.3 Å². The van der Waals surface area contributed by atoms with Crippen molar-refractivity contribution in [3.05, 3.63) is 23.8 Å². The monoisotopic (exact) mass is 227 g/mol. The molecule has 1 unspecified atom stereocenters. The summed E-state index contributed by atoms with van der Waals surface area (Å²) in [4.78, 5) is 5.12. The Morgan fingerprint density at radius 1 is 1.31 bits per heavy atom. The Bertz CT molecular complexity index is 343. The van der Waals surface area contributed by atoms with Gasteiger partial charge in [0, 0.05) is 13.0 Å². The van der Waals surface area contributed by atoms with Gasteiger partial charge in [-0.05, 0) is 31.5 Å². The van der Waals surface area contributed by atoms with Crippen LogP contribution in [0.3, 0.4) is 0 Å². The number of phenolic OH excluding ortho intramolecular Hbond substituents is 2. The van der Waals surface area contributed by atoms with Crippen molar-refractivity contribution in [3.63, 3.8) is 0 Å². The fraction of sp³-hybridized carbons (Fsp3) is 0.455. The first-order valence-electron chi connectivity index (χ1n) is 5.17. The van der Waals surface area contributed by atoms with Crippen molar-refractivity contribution < 1.29 is 20.3 Å². The Balaban J connectivity index is 2.56. The van der Waals surface area contributed by atoms with E-state index >= 15 is 0 Å². The minimum Gasteiger partial charge on any atom is -0.504 e. The van der Waals surface area contributed by atoms with Crippen LogP contribution in [0.2, 0.25) is 0 Å². The first kappa shape index (κ1) is 12.8. The fourth-order valence-corrected chi connectivity index (χ4v) is 1.35. The lowest BCUT2D eigenvalue weighted by atomic mass is 10.1. The summed E-state index contributed by atoms with van der Waals surface area (Å²) in [6.07, 6.45) is 0.319. The van der Waals surface area contributed by atoms with Gasteiger partial charge in [0.15, 0.2) is 11.5 Å². The second kappa shape index (κ2) is 5.69. The molecule has 0 aliphatic carbocycles. The highest BCUT2D eigenvalue weighted by Crippen LogP contribution is 2.25. The number of rotatable bonds is 5. The summed E-state index contributed by atoms with van der Waals surface area (Å²) in [7, 11) is 0. The maximum Gasteiger partial charge on any atom is 0.157 e. The van der Waals surface area contributed by atoms with Gasteiger partial charge in [-0.1, -0.05) is 11.3 Å². The summed E-state index contributed by atoms with van der Waals surface area (Å²) in [5, 5.41) is 28.3. The molecule has 5 heteroatoms. The normalized spacial score (nSPS) is 13.0. The van der Waals surface area contributed by atoms with Crippen LogP contribution in [0.4, 0.5) is 0 Å². The third-order valence-corrected chi connectivity index (χ3v) is 2.14. The van der Waals surface area contributed by atoms with Crippen LogP contribution < -0.4 is 0 Å². The SMILES string of the molecule is CCN(O)OC(C)Cc1ccc(O)c(O)c1. The smallest absolute Gasteiger partial charge is 0.157 e. The average Bonchev–Trinajstić information content (AvgIpc) is 2.23. The number of nitrogens with zero attached hydrogens (tertiary/aromatic N) is 1. The molecule has 0 saturated heterocycles. The quantitative estimate of drug-likeness (QED) is 0.527. The van der Waals surface area contributed by atoms with Crippen LogP contribution >= 0.6 is 0 Å². The Kier molecular flexibility index (Phi) is 4.54. The van der Waals surface area contributed by atoms with E-state index in [-0.39, 0.29) is 17.6 Å². The van der Waals surface area contributed by atoms with Gasteiger partial charge in [-0.15, -0.1) is 0 Å². The van der Waals surface area contributed by atoms with E-state index in [0.717, 1.165) is 10.8 Å². The maximum atomic E-state index is 9.29. The van der Waals surface area contributed by atoms with E-state index in [1.807, 2.05) is 6.92 Å². The maximum absolute atomic E-state index is 9.29. The van der Waals surface area contributed by atoms with Gasteiger partial charge >= 0.3 is 0 Å². The first-order chi connectivity index (χ1) is 7.52. The van der Waals surface area contributed by atoms with Gasteiger partial charge in [-0.25, -0.2) is 0 Å². The van der Waals surface area contributed by atoms with Crippen molar-refractivity contribution in [3.8, 4) is 11.5 Å². The minimum absolute atomic E-state index is 0.144. The molecule has 0 aliphatic heterocycles. The van der Waals surface area contributed by atoms with Crippen LogP contribution in [0.1, 0.15) is 19.4 Å². The van der Waals surface area contributed by atoms with Gasteiger partial charge in [-0.3, -0.25) is 10.0 Å². The van der Waals surface area contributed by atoms with Crippen LogP contribution in [0, 0.1) is 0 Å². The molecular formula is C11H17NO4. The van der Waals surface area contributed by atoms with Crippen molar-refractivity contribution in [1.82, 2.24) is 5.23 Å². The zero-order valence-electron chi connectivity index (χ0n) is 9.42. The van der Waals surface area contributed by atoms with E-state index in [1.165, 1.54) is 12.1 Å². The van der Waals surface area contributed by atoms with Crippen LogP contribution in [0.25, 0.3) is 0 Å². The Morgan fingerprint density at radius 2 is 2.00 bits per heavy atom. The Labute approximate surface area is 94.4 Å². The lowest BCUT2D eigenvalue weighted by Gasteiger charge is -2.18. The Hall–Kier alpha value is -1.30. The standard InChI is InChI=1S/C11H17NO4/c1-3-12(15)16-8(2)6-9-4-5-10(13)11(14)7-9/h4-5,7-8,13-15H,3,6H2,1-2H3. The highest BCUT2D eigenvalue weighted by atomic mass is 16.9. The van der Waals surface area contributed by atoms with Crippen LogP contribution in [-0.4, -0.2) is 33.3 Å². The van der Waals surface area contributed by atoms with E-state index in [0.29, 0.717) is 13.0 Å². The molecule has 0 radical (unpaired) electrons. The molecule has 5 nitrogen and oxygen atoms in total. The lowest BCUT2D eigenvalue weighted by Crippen LogP contribution is -2.26. The molecule has 0 bridgehead atoms. The molecule has 16 heavy (non-hydrogen) atoms. The molecule has 0 spiro atoms. The highest BCUT2D eigenvalue weighted by Gasteiger charge is 2.09. The van der Waals surface area contributed by atoms with E-state index in [2.05, 4.69) is 0 Å². The molecule has 1 aromatic carbocycles. The molecule has 3 N–H and O–H groups in total. The van der Waals surface area contributed by atoms with Gasteiger partial charge in [0.2, 0.25) is 0 Å². The molecule has 0 aromatic heterocycles. The van der Waals surface area contributed by atoms with Gasteiger partial charge in [-0.2, -0.15) is 0 Å². The largest absolute Gasteiger partial charge is 0.504 e. The topological polar surface area (TPSA) is 73.2 Å². The minimum atomic E-state index is -0.214. The number of benzene rings is 1. The van der Waals surface area contributed by atoms with Gasteiger partial charge < -0.3 is 10.2 Å². The summed E-state index contributed by atoms with van der Waals surface area (Å²) >= 11 is 0. The summed E-state index contributed by atoms with van der Waals surface area (Å²) < 4.78 is 0. The molecule has 0 amide bonds. The van der Waals surface area contributed by atoms with E-state index in [4.69, 9.17) is 15.2 Å². The number of hydrogen-bond acceptors (Lipinski definition) is 5. The van der Waals surface area contributed by atoms with Crippen molar-refractivity contribution >= 4 is 0 Å². The predicted octanol–water partition coefficient (Wildman–Crippen LogP) is 1.67. The summed E-state index contributed by atoms with van der Waals surface area (Å²) in [6, 6.07) is 4.60. The van der Waals surface area contributed by atoms with E-state index in [1.54, 1.807) is 13.0 Å². The van der Waals surface area contributed by atoms with Crippen LogP contribution in [0.5, 0.6) is 11.5 Å². The molecule has 1 atom stereocenters. The number of hydroxylamine groups is 2. The van der Waals surface area contributed by atoms with Crippen molar-refractivity contribution in [2.24, 2.45) is 0 Å². The molecule has 0 fully saturated rings.